The second-order valence-corrected chi connectivity index (χ2v) is 4.95. The molecule has 94 valence electrons. The zero-order valence-corrected chi connectivity index (χ0v) is 12.2. The van der Waals surface area contributed by atoms with Gasteiger partial charge in [-0.05, 0) is 52.9 Å². The summed E-state index contributed by atoms with van der Waals surface area (Å²) in [6.45, 7) is 0.439. The van der Waals surface area contributed by atoms with Crippen LogP contribution in [0.3, 0.4) is 0 Å². The lowest BCUT2D eigenvalue weighted by molar-refractivity contribution is 0.295. The third kappa shape index (κ3) is 3.07. The van der Waals surface area contributed by atoms with Crippen molar-refractivity contribution in [1.29, 1.82) is 0 Å². The Morgan fingerprint density at radius 2 is 1.89 bits per heavy atom. The van der Waals surface area contributed by atoms with Gasteiger partial charge < -0.3 is 15.2 Å². The number of anilines is 1. The van der Waals surface area contributed by atoms with E-state index in [1.165, 1.54) is 0 Å². The minimum Gasteiger partial charge on any atom is -0.496 e. The number of hydrogen-bond donors (Lipinski definition) is 1. The first-order valence-electron chi connectivity index (χ1n) is 5.50. The molecule has 0 saturated heterocycles. The van der Waals surface area contributed by atoms with Gasteiger partial charge in [-0.3, -0.25) is 0 Å². The topological polar surface area (TPSA) is 44.5 Å². The van der Waals surface area contributed by atoms with E-state index in [0.29, 0.717) is 12.3 Å². The summed E-state index contributed by atoms with van der Waals surface area (Å²) in [4.78, 5) is 0. The summed E-state index contributed by atoms with van der Waals surface area (Å²) in [5, 5.41) is 0. The molecule has 0 atom stereocenters. The second kappa shape index (κ2) is 5.95. The van der Waals surface area contributed by atoms with Crippen molar-refractivity contribution in [2.75, 3.05) is 12.8 Å². The summed E-state index contributed by atoms with van der Waals surface area (Å²) in [5.41, 5.74) is 7.42. The molecule has 0 aliphatic rings. The Kier molecular flexibility index (Phi) is 4.30. The molecule has 18 heavy (non-hydrogen) atoms. The van der Waals surface area contributed by atoms with Crippen molar-refractivity contribution in [1.82, 2.24) is 0 Å². The van der Waals surface area contributed by atoms with Crippen LogP contribution in [0.1, 0.15) is 5.56 Å². The van der Waals surface area contributed by atoms with E-state index in [4.69, 9.17) is 15.2 Å². The number of methoxy groups -OCH3 is 1. The van der Waals surface area contributed by atoms with Gasteiger partial charge in [-0.1, -0.05) is 12.1 Å². The van der Waals surface area contributed by atoms with E-state index in [1.807, 2.05) is 42.5 Å². The van der Waals surface area contributed by atoms with Gasteiger partial charge in [0.25, 0.3) is 0 Å². The molecule has 0 amide bonds. The third-order valence-electron chi connectivity index (χ3n) is 2.52. The standard InChI is InChI=1S/C14H14INO2/c1-17-13-7-6-11(16)8-10(13)9-18-14-5-3-2-4-12(14)15/h2-8H,9,16H2,1H3. The molecule has 0 heterocycles. The van der Waals surface area contributed by atoms with Crippen LogP contribution in [0.5, 0.6) is 11.5 Å². The molecule has 0 aliphatic carbocycles. The second-order valence-electron chi connectivity index (χ2n) is 3.79. The molecular weight excluding hydrogens is 341 g/mol. The summed E-state index contributed by atoms with van der Waals surface area (Å²) in [7, 11) is 1.64. The molecule has 2 aromatic carbocycles. The highest BCUT2D eigenvalue weighted by Gasteiger charge is 2.06. The smallest absolute Gasteiger partial charge is 0.133 e. The highest BCUT2D eigenvalue weighted by atomic mass is 127. The molecule has 0 aliphatic heterocycles. The number of benzene rings is 2. The highest BCUT2D eigenvalue weighted by Crippen LogP contribution is 2.25. The minimum absolute atomic E-state index is 0.439. The average Bonchev–Trinajstić information content (AvgIpc) is 2.38. The Balaban J connectivity index is 2.15. The average molecular weight is 355 g/mol. The maximum atomic E-state index is 5.78. The molecule has 0 spiro atoms. The number of halogens is 1. The molecule has 4 heteroatoms. The fourth-order valence-electron chi connectivity index (χ4n) is 1.63. The number of nitrogen functional groups attached to an aromatic ring is 1. The van der Waals surface area contributed by atoms with Crippen LogP contribution in [-0.4, -0.2) is 7.11 Å². The van der Waals surface area contributed by atoms with Gasteiger partial charge in [0, 0.05) is 11.3 Å². The van der Waals surface area contributed by atoms with E-state index in [-0.39, 0.29) is 0 Å². The molecular formula is C14H14INO2. The first kappa shape index (κ1) is 13.0. The molecule has 0 aromatic heterocycles. The normalized spacial score (nSPS) is 10.1. The van der Waals surface area contributed by atoms with Crippen molar-refractivity contribution in [3.05, 3.63) is 51.6 Å². The largest absolute Gasteiger partial charge is 0.496 e. The molecule has 0 saturated carbocycles. The van der Waals surface area contributed by atoms with E-state index in [0.717, 1.165) is 20.6 Å². The molecule has 0 radical (unpaired) electrons. The van der Waals surface area contributed by atoms with Crippen molar-refractivity contribution in [3.8, 4) is 11.5 Å². The van der Waals surface area contributed by atoms with Gasteiger partial charge >= 0.3 is 0 Å². The Morgan fingerprint density at radius 3 is 2.61 bits per heavy atom. The Hall–Kier alpha value is -1.43. The summed E-state index contributed by atoms with van der Waals surface area (Å²) in [5.74, 6) is 1.65. The lowest BCUT2D eigenvalue weighted by atomic mass is 10.2. The van der Waals surface area contributed by atoms with Crippen LogP contribution in [0.25, 0.3) is 0 Å². The van der Waals surface area contributed by atoms with Crippen molar-refractivity contribution in [3.63, 3.8) is 0 Å². The first-order valence-corrected chi connectivity index (χ1v) is 6.58. The first-order chi connectivity index (χ1) is 8.70. The summed E-state index contributed by atoms with van der Waals surface area (Å²) >= 11 is 2.25. The van der Waals surface area contributed by atoms with Gasteiger partial charge in [-0.2, -0.15) is 0 Å². The summed E-state index contributed by atoms with van der Waals surface area (Å²) < 4.78 is 12.1. The van der Waals surface area contributed by atoms with Gasteiger partial charge in [-0.15, -0.1) is 0 Å². The molecule has 2 rings (SSSR count). The Bertz CT molecular complexity index is 543. The van der Waals surface area contributed by atoms with Crippen molar-refractivity contribution >= 4 is 28.3 Å². The highest BCUT2D eigenvalue weighted by molar-refractivity contribution is 14.1. The van der Waals surface area contributed by atoms with Gasteiger partial charge in [0.05, 0.1) is 10.7 Å². The zero-order valence-electron chi connectivity index (χ0n) is 10.0. The molecule has 2 aromatic rings. The Morgan fingerprint density at radius 1 is 1.11 bits per heavy atom. The van der Waals surface area contributed by atoms with E-state index in [2.05, 4.69) is 22.6 Å². The number of hydrogen-bond acceptors (Lipinski definition) is 3. The lowest BCUT2D eigenvalue weighted by Crippen LogP contribution is -2.01. The van der Waals surface area contributed by atoms with E-state index in [9.17, 15) is 0 Å². The lowest BCUT2D eigenvalue weighted by Gasteiger charge is -2.11. The number of rotatable bonds is 4. The van der Waals surface area contributed by atoms with Crippen molar-refractivity contribution < 1.29 is 9.47 Å². The predicted molar refractivity (Wildman–Crippen MR) is 80.9 cm³/mol. The number of para-hydroxylation sites is 1. The van der Waals surface area contributed by atoms with E-state index in [1.54, 1.807) is 7.11 Å². The van der Waals surface area contributed by atoms with Gasteiger partial charge in [0.1, 0.15) is 18.1 Å². The fraction of sp³-hybridized carbons (Fsp3) is 0.143. The van der Waals surface area contributed by atoms with Crippen LogP contribution in [0.4, 0.5) is 5.69 Å². The third-order valence-corrected chi connectivity index (χ3v) is 3.42. The van der Waals surface area contributed by atoms with E-state index < -0.39 is 0 Å². The molecule has 0 bridgehead atoms. The van der Waals surface area contributed by atoms with Crippen molar-refractivity contribution in [2.45, 2.75) is 6.61 Å². The van der Waals surface area contributed by atoms with Crippen LogP contribution in [0.15, 0.2) is 42.5 Å². The summed E-state index contributed by atoms with van der Waals surface area (Å²) in [6, 6.07) is 13.4. The Labute approximate surface area is 120 Å². The SMILES string of the molecule is COc1ccc(N)cc1COc1ccccc1I. The van der Waals surface area contributed by atoms with Crippen LogP contribution in [0.2, 0.25) is 0 Å². The number of nitrogens with two attached hydrogens (primary N) is 1. The monoisotopic (exact) mass is 355 g/mol. The molecule has 0 unspecified atom stereocenters. The maximum absolute atomic E-state index is 5.78. The fourth-order valence-corrected chi connectivity index (χ4v) is 2.17. The van der Waals surface area contributed by atoms with Crippen LogP contribution in [0, 0.1) is 3.57 Å². The predicted octanol–water partition coefficient (Wildman–Crippen LogP) is 3.46. The molecule has 3 nitrogen and oxygen atoms in total. The van der Waals surface area contributed by atoms with Crippen LogP contribution >= 0.6 is 22.6 Å². The van der Waals surface area contributed by atoms with Crippen LogP contribution in [-0.2, 0) is 6.61 Å². The van der Waals surface area contributed by atoms with E-state index >= 15 is 0 Å². The van der Waals surface area contributed by atoms with Gasteiger partial charge in [0.15, 0.2) is 0 Å². The minimum atomic E-state index is 0.439. The molecule has 0 fully saturated rings. The zero-order chi connectivity index (χ0) is 13.0. The van der Waals surface area contributed by atoms with Gasteiger partial charge in [-0.25, -0.2) is 0 Å². The summed E-state index contributed by atoms with van der Waals surface area (Å²) in [6.07, 6.45) is 0. The van der Waals surface area contributed by atoms with Gasteiger partial charge in [0.2, 0.25) is 0 Å². The number of ether oxygens (including phenoxy) is 2. The quantitative estimate of drug-likeness (QED) is 0.675. The van der Waals surface area contributed by atoms with Crippen LogP contribution < -0.4 is 15.2 Å². The van der Waals surface area contributed by atoms with Crippen molar-refractivity contribution in [2.24, 2.45) is 0 Å². The maximum Gasteiger partial charge on any atom is 0.133 e. The molecule has 2 N–H and O–H groups in total.